The highest BCUT2D eigenvalue weighted by molar-refractivity contribution is 6.42. The molecule has 0 aliphatic carbocycles. The smallest absolute Gasteiger partial charge is 0.262 e. The highest BCUT2D eigenvalue weighted by atomic mass is 35.5. The van der Waals surface area contributed by atoms with Gasteiger partial charge in [-0.25, -0.2) is 0 Å². The van der Waals surface area contributed by atoms with Gasteiger partial charge in [0.2, 0.25) is 0 Å². The lowest BCUT2D eigenvalue weighted by molar-refractivity contribution is -0.118. The molecule has 0 aliphatic heterocycles. The summed E-state index contributed by atoms with van der Waals surface area (Å²) >= 11 is 12.0. The van der Waals surface area contributed by atoms with Crippen LogP contribution in [0.5, 0.6) is 11.5 Å². The lowest BCUT2D eigenvalue weighted by Crippen LogP contribution is -2.21. The van der Waals surface area contributed by atoms with Crippen molar-refractivity contribution < 1.29 is 14.3 Å². The zero-order chi connectivity index (χ0) is 23.1. The van der Waals surface area contributed by atoms with Crippen molar-refractivity contribution in [3.8, 4) is 11.5 Å². The number of aryl methyl sites for hydroxylation is 2. The Bertz CT molecular complexity index is 1100. The van der Waals surface area contributed by atoms with Crippen LogP contribution in [0, 0.1) is 13.8 Å². The van der Waals surface area contributed by atoms with Gasteiger partial charge in [0, 0.05) is 17.9 Å². The Hall–Kier alpha value is -2.89. The normalized spacial score (nSPS) is 10.5. The average molecular weight is 473 g/mol. The lowest BCUT2D eigenvalue weighted by atomic mass is 10.1. The number of carbonyl (C=O) groups excluding carboxylic acids is 1. The zero-order valence-corrected chi connectivity index (χ0v) is 19.8. The molecule has 7 heteroatoms. The summed E-state index contributed by atoms with van der Waals surface area (Å²) in [4.78, 5) is 12.4. The van der Waals surface area contributed by atoms with Crippen LogP contribution in [0.2, 0.25) is 10.0 Å². The molecule has 2 N–H and O–H groups in total. The van der Waals surface area contributed by atoms with Crippen LogP contribution in [-0.2, 0) is 11.3 Å². The van der Waals surface area contributed by atoms with Gasteiger partial charge in [0.15, 0.2) is 18.1 Å². The van der Waals surface area contributed by atoms with Gasteiger partial charge in [0.1, 0.15) is 0 Å². The highest BCUT2D eigenvalue weighted by Crippen LogP contribution is 2.30. The lowest BCUT2D eigenvalue weighted by Gasteiger charge is -2.15. The number of nitrogens with one attached hydrogen (secondary N) is 2. The second-order valence-electron chi connectivity index (χ2n) is 7.35. The third-order valence-electron chi connectivity index (χ3n) is 4.74. The minimum atomic E-state index is -0.232. The second kappa shape index (κ2) is 11.1. The third kappa shape index (κ3) is 6.55. The predicted molar refractivity (Wildman–Crippen MR) is 131 cm³/mol. The van der Waals surface area contributed by atoms with Crippen molar-refractivity contribution in [2.45, 2.75) is 27.3 Å². The van der Waals surface area contributed by atoms with Gasteiger partial charge >= 0.3 is 0 Å². The number of hydrogen-bond donors (Lipinski definition) is 2. The van der Waals surface area contributed by atoms with E-state index in [4.69, 9.17) is 32.7 Å². The third-order valence-corrected chi connectivity index (χ3v) is 5.48. The molecule has 5 nitrogen and oxygen atoms in total. The summed E-state index contributed by atoms with van der Waals surface area (Å²) < 4.78 is 11.5. The Morgan fingerprint density at radius 1 is 0.906 bits per heavy atom. The Balaban J connectivity index is 1.62. The molecule has 0 saturated heterocycles. The van der Waals surface area contributed by atoms with E-state index in [9.17, 15) is 4.79 Å². The molecule has 32 heavy (non-hydrogen) atoms. The Morgan fingerprint density at radius 3 is 2.44 bits per heavy atom. The van der Waals surface area contributed by atoms with Gasteiger partial charge in [-0.1, -0.05) is 47.0 Å². The number of ether oxygens (including phenoxy) is 2. The Kier molecular flexibility index (Phi) is 8.26. The molecule has 0 saturated carbocycles. The van der Waals surface area contributed by atoms with Crippen LogP contribution in [0.15, 0.2) is 54.6 Å². The minimum absolute atomic E-state index is 0.117. The molecule has 0 bridgehead atoms. The van der Waals surface area contributed by atoms with E-state index in [-0.39, 0.29) is 12.5 Å². The van der Waals surface area contributed by atoms with E-state index in [1.54, 1.807) is 18.2 Å². The zero-order valence-electron chi connectivity index (χ0n) is 18.3. The molecule has 0 spiro atoms. The molecule has 0 heterocycles. The van der Waals surface area contributed by atoms with Crippen LogP contribution in [0.4, 0.5) is 11.4 Å². The van der Waals surface area contributed by atoms with Gasteiger partial charge in [0.05, 0.1) is 16.7 Å². The number of carbonyl (C=O) groups is 1. The van der Waals surface area contributed by atoms with Crippen LogP contribution in [0.25, 0.3) is 0 Å². The van der Waals surface area contributed by atoms with E-state index in [0.29, 0.717) is 34.7 Å². The van der Waals surface area contributed by atoms with Crippen LogP contribution in [-0.4, -0.2) is 19.1 Å². The summed E-state index contributed by atoms with van der Waals surface area (Å²) in [5.74, 6) is 0.867. The number of amides is 1. The number of anilines is 2. The first-order valence-corrected chi connectivity index (χ1v) is 11.1. The van der Waals surface area contributed by atoms with E-state index in [2.05, 4.69) is 10.6 Å². The van der Waals surface area contributed by atoms with Crippen molar-refractivity contribution in [3.05, 3.63) is 81.3 Å². The van der Waals surface area contributed by atoms with Gasteiger partial charge in [-0.15, -0.1) is 0 Å². The molecular weight excluding hydrogens is 447 g/mol. The van der Waals surface area contributed by atoms with Crippen LogP contribution in [0.3, 0.4) is 0 Å². The van der Waals surface area contributed by atoms with Crippen molar-refractivity contribution in [3.63, 3.8) is 0 Å². The number of benzene rings is 3. The minimum Gasteiger partial charge on any atom is -0.490 e. The summed E-state index contributed by atoms with van der Waals surface area (Å²) in [7, 11) is 0. The van der Waals surface area contributed by atoms with E-state index < -0.39 is 0 Å². The van der Waals surface area contributed by atoms with Crippen molar-refractivity contribution in [1.29, 1.82) is 0 Å². The molecular formula is C25H26Cl2N2O3. The molecule has 0 aromatic heterocycles. The van der Waals surface area contributed by atoms with E-state index in [1.807, 2.05) is 57.2 Å². The summed E-state index contributed by atoms with van der Waals surface area (Å²) in [6.07, 6.45) is 0. The summed E-state index contributed by atoms with van der Waals surface area (Å²) in [6, 6.07) is 16.9. The van der Waals surface area contributed by atoms with Gasteiger partial charge in [-0.2, -0.15) is 0 Å². The quantitative estimate of drug-likeness (QED) is 0.366. The maximum absolute atomic E-state index is 12.4. The van der Waals surface area contributed by atoms with Gasteiger partial charge < -0.3 is 20.1 Å². The number of rotatable bonds is 9. The summed E-state index contributed by atoms with van der Waals surface area (Å²) in [5, 5.41) is 7.19. The maximum Gasteiger partial charge on any atom is 0.262 e. The first kappa shape index (κ1) is 23.8. The predicted octanol–water partition coefficient (Wildman–Crippen LogP) is 6.64. The largest absolute Gasteiger partial charge is 0.490 e. The molecule has 0 radical (unpaired) electrons. The molecule has 0 fully saturated rings. The van der Waals surface area contributed by atoms with Gasteiger partial charge in [-0.05, 0) is 68.3 Å². The Labute approximate surface area is 198 Å². The molecule has 0 atom stereocenters. The van der Waals surface area contributed by atoms with E-state index >= 15 is 0 Å². The maximum atomic E-state index is 12.4. The fraction of sp³-hybridized carbons (Fsp3) is 0.240. The number of hydrogen-bond acceptors (Lipinski definition) is 4. The molecule has 0 aliphatic rings. The van der Waals surface area contributed by atoms with Crippen molar-refractivity contribution in [2.75, 3.05) is 23.8 Å². The van der Waals surface area contributed by atoms with E-state index in [0.717, 1.165) is 28.1 Å². The van der Waals surface area contributed by atoms with Crippen molar-refractivity contribution >= 4 is 40.5 Å². The second-order valence-corrected chi connectivity index (χ2v) is 8.17. The molecule has 168 valence electrons. The molecule has 1 amide bonds. The SMILES string of the molecule is CCOc1cc(CNc2ccc(Cl)c(Cl)c2)ccc1OCC(=O)Nc1ccc(C)cc1C. The van der Waals surface area contributed by atoms with Gasteiger partial charge in [-0.3, -0.25) is 4.79 Å². The highest BCUT2D eigenvalue weighted by Gasteiger charge is 2.11. The summed E-state index contributed by atoms with van der Waals surface area (Å²) in [5.41, 5.74) is 4.78. The van der Waals surface area contributed by atoms with Crippen molar-refractivity contribution in [1.82, 2.24) is 0 Å². The van der Waals surface area contributed by atoms with Crippen LogP contribution in [0.1, 0.15) is 23.6 Å². The van der Waals surface area contributed by atoms with Crippen LogP contribution >= 0.6 is 23.2 Å². The monoisotopic (exact) mass is 472 g/mol. The molecule has 3 aromatic carbocycles. The number of halogens is 2. The van der Waals surface area contributed by atoms with E-state index in [1.165, 1.54) is 0 Å². The van der Waals surface area contributed by atoms with Crippen molar-refractivity contribution in [2.24, 2.45) is 0 Å². The van der Waals surface area contributed by atoms with Crippen LogP contribution < -0.4 is 20.1 Å². The van der Waals surface area contributed by atoms with Gasteiger partial charge in [0.25, 0.3) is 5.91 Å². The first-order chi connectivity index (χ1) is 15.4. The first-order valence-electron chi connectivity index (χ1n) is 10.3. The standard InChI is InChI=1S/C25H26Cl2N2O3/c1-4-31-24-12-18(14-28-19-7-8-20(26)21(27)13-19)6-10-23(24)32-15-25(30)29-22-9-5-16(2)11-17(22)3/h5-13,28H,4,14-15H2,1-3H3,(H,29,30). The average Bonchev–Trinajstić information content (AvgIpc) is 2.76. The fourth-order valence-electron chi connectivity index (χ4n) is 3.14. The summed E-state index contributed by atoms with van der Waals surface area (Å²) in [6.45, 7) is 6.80. The topological polar surface area (TPSA) is 59.6 Å². The molecule has 3 rings (SSSR count). The fourth-order valence-corrected chi connectivity index (χ4v) is 3.44. The Morgan fingerprint density at radius 2 is 1.72 bits per heavy atom. The molecule has 0 unspecified atom stereocenters. The molecule has 3 aromatic rings.